The molecule has 0 fully saturated rings. The molecule has 0 unspecified atom stereocenters. The van der Waals surface area contributed by atoms with Gasteiger partial charge in [0.2, 0.25) is 0 Å². The molecule has 98 valence electrons. The number of nitro groups is 1. The first-order chi connectivity index (χ1) is 9.20. The highest BCUT2D eigenvalue weighted by Crippen LogP contribution is 2.23. The van der Waals surface area contributed by atoms with Gasteiger partial charge in [0.25, 0.3) is 11.7 Å². The van der Waals surface area contributed by atoms with Gasteiger partial charge < -0.3 is 9.73 Å². The monoisotopic (exact) mass is 259 g/mol. The van der Waals surface area contributed by atoms with Crippen LogP contribution in [-0.4, -0.2) is 16.5 Å². The summed E-state index contributed by atoms with van der Waals surface area (Å²) in [5, 5.41) is 13.7. The summed E-state index contributed by atoms with van der Waals surface area (Å²) in [6.07, 6.45) is 7.77. The molecule has 1 heterocycles. The Morgan fingerprint density at radius 1 is 1.47 bits per heavy atom. The second kappa shape index (κ2) is 5.87. The lowest BCUT2D eigenvalue weighted by molar-refractivity contribution is -0.384. The summed E-state index contributed by atoms with van der Waals surface area (Å²) in [4.78, 5) is 14.3. The fourth-order valence-electron chi connectivity index (χ4n) is 1.65. The van der Waals surface area contributed by atoms with Crippen molar-refractivity contribution in [1.82, 2.24) is 4.98 Å². The molecule has 2 rings (SSSR count). The average molecular weight is 259 g/mol. The third-order valence-electron chi connectivity index (χ3n) is 2.61. The molecule has 19 heavy (non-hydrogen) atoms. The van der Waals surface area contributed by atoms with Gasteiger partial charge in [0.15, 0.2) is 5.58 Å². The van der Waals surface area contributed by atoms with E-state index in [0.29, 0.717) is 23.7 Å². The van der Waals surface area contributed by atoms with Gasteiger partial charge in [-0.25, -0.2) is 0 Å². The summed E-state index contributed by atoms with van der Waals surface area (Å²) in [6.45, 7) is 0.705. The SMILES string of the molecule is C#CCCCCNc1nc2cc([N+](=O)[O-])ccc2o1. The molecule has 1 aromatic heterocycles. The first kappa shape index (κ1) is 12.9. The van der Waals surface area contributed by atoms with Crippen molar-refractivity contribution in [2.75, 3.05) is 11.9 Å². The van der Waals surface area contributed by atoms with Crippen LogP contribution in [0.4, 0.5) is 11.7 Å². The molecule has 1 N–H and O–H groups in total. The lowest BCUT2D eigenvalue weighted by Crippen LogP contribution is -2.01. The lowest BCUT2D eigenvalue weighted by Gasteiger charge is -1.98. The molecule has 6 heteroatoms. The van der Waals surface area contributed by atoms with Crippen LogP contribution in [0.2, 0.25) is 0 Å². The van der Waals surface area contributed by atoms with Crippen molar-refractivity contribution in [3.63, 3.8) is 0 Å². The molecule has 0 radical (unpaired) electrons. The standard InChI is InChI=1S/C13H13N3O3/c1-2-3-4-5-8-14-13-15-11-9-10(16(17)18)6-7-12(11)19-13/h1,6-7,9H,3-5,8H2,(H,14,15). The van der Waals surface area contributed by atoms with E-state index in [-0.39, 0.29) is 5.69 Å². The molecule has 1 aromatic carbocycles. The molecule has 0 atom stereocenters. The Morgan fingerprint density at radius 3 is 3.05 bits per heavy atom. The summed E-state index contributed by atoms with van der Waals surface area (Å²) in [7, 11) is 0. The van der Waals surface area contributed by atoms with Crippen LogP contribution in [0.25, 0.3) is 11.1 Å². The quantitative estimate of drug-likeness (QED) is 0.373. The van der Waals surface area contributed by atoms with Gasteiger partial charge in [0.05, 0.1) is 4.92 Å². The van der Waals surface area contributed by atoms with Crippen molar-refractivity contribution in [1.29, 1.82) is 0 Å². The van der Waals surface area contributed by atoms with Crippen LogP contribution in [0.3, 0.4) is 0 Å². The zero-order valence-corrected chi connectivity index (χ0v) is 10.3. The maximum atomic E-state index is 10.6. The number of hydrogen-bond acceptors (Lipinski definition) is 5. The van der Waals surface area contributed by atoms with Gasteiger partial charge in [-0.15, -0.1) is 12.3 Å². The average Bonchev–Trinajstić information content (AvgIpc) is 2.80. The second-order valence-corrected chi connectivity index (χ2v) is 4.02. The minimum absolute atomic E-state index is 0.00127. The molecule has 6 nitrogen and oxygen atoms in total. The van der Waals surface area contributed by atoms with E-state index in [1.807, 2.05) is 0 Å². The summed E-state index contributed by atoms with van der Waals surface area (Å²) in [5.74, 6) is 2.57. The normalized spacial score (nSPS) is 10.3. The Morgan fingerprint density at radius 2 is 2.32 bits per heavy atom. The van der Waals surface area contributed by atoms with Crippen molar-refractivity contribution in [3.8, 4) is 12.3 Å². The molecule has 0 aliphatic carbocycles. The predicted octanol–water partition coefficient (Wildman–Crippen LogP) is 2.95. The van der Waals surface area contributed by atoms with E-state index in [2.05, 4.69) is 16.2 Å². The number of anilines is 1. The van der Waals surface area contributed by atoms with E-state index >= 15 is 0 Å². The number of terminal acetylenes is 1. The highest BCUT2D eigenvalue weighted by Gasteiger charge is 2.11. The van der Waals surface area contributed by atoms with Crippen LogP contribution in [-0.2, 0) is 0 Å². The van der Waals surface area contributed by atoms with Crippen molar-refractivity contribution in [2.24, 2.45) is 0 Å². The number of oxazole rings is 1. The highest BCUT2D eigenvalue weighted by molar-refractivity contribution is 5.77. The first-order valence-corrected chi connectivity index (χ1v) is 5.93. The van der Waals surface area contributed by atoms with Crippen molar-refractivity contribution in [2.45, 2.75) is 19.3 Å². The Labute approximate surface area is 110 Å². The van der Waals surface area contributed by atoms with Crippen LogP contribution in [0, 0.1) is 22.5 Å². The minimum atomic E-state index is -0.457. The van der Waals surface area contributed by atoms with Crippen molar-refractivity contribution >= 4 is 22.8 Å². The van der Waals surface area contributed by atoms with Crippen LogP contribution >= 0.6 is 0 Å². The van der Waals surface area contributed by atoms with E-state index in [4.69, 9.17) is 10.8 Å². The number of hydrogen-bond donors (Lipinski definition) is 1. The van der Waals surface area contributed by atoms with Crippen molar-refractivity contribution < 1.29 is 9.34 Å². The van der Waals surface area contributed by atoms with E-state index in [1.54, 1.807) is 6.07 Å². The number of unbranched alkanes of at least 4 members (excludes halogenated alkanes) is 2. The lowest BCUT2D eigenvalue weighted by atomic mass is 10.2. The smallest absolute Gasteiger partial charge is 0.295 e. The molecule has 0 amide bonds. The molecule has 0 aliphatic heterocycles. The molecule has 0 saturated heterocycles. The first-order valence-electron chi connectivity index (χ1n) is 5.93. The molecule has 0 aliphatic rings. The second-order valence-electron chi connectivity index (χ2n) is 4.02. The zero-order chi connectivity index (χ0) is 13.7. The number of fused-ring (bicyclic) bond motifs is 1. The number of nitrogens with one attached hydrogen (secondary N) is 1. The third-order valence-corrected chi connectivity index (χ3v) is 2.61. The maximum absolute atomic E-state index is 10.6. The molecule has 0 saturated carbocycles. The van der Waals surface area contributed by atoms with E-state index in [1.165, 1.54) is 12.1 Å². The van der Waals surface area contributed by atoms with Crippen LogP contribution in [0.1, 0.15) is 19.3 Å². The summed E-state index contributed by atoms with van der Waals surface area (Å²) in [5.41, 5.74) is 0.999. The minimum Gasteiger partial charge on any atom is -0.424 e. The number of rotatable bonds is 6. The molecular weight excluding hydrogens is 246 g/mol. The van der Waals surface area contributed by atoms with Gasteiger partial charge >= 0.3 is 0 Å². The fourth-order valence-corrected chi connectivity index (χ4v) is 1.65. The number of non-ortho nitro benzene ring substituents is 1. The zero-order valence-electron chi connectivity index (χ0n) is 10.3. The number of nitrogens with zero attached hydrogens (tertiary/aromatic N) is 2. The number of nitro benzene ring substituents is 1. The van der Waals surface area contributed by atoms with E-state index in [9.17, 15) is 10.1 Å². The Kier molecular flexibility index (Phi) is 3.98. The predicted molar refractivity (Wildman–Crippen MR) is 71.8 cm³/mol. The van der Waals surface area contributed by atoms with Gasteiger partial charge in [-0.05, 0) is 18.9 Å². The topological polar surface area (TPSA) is 81.2 Å². The van der Waals surface area contributed by atoms with Gasteiger partial charge in [-0.3, -0.25) is 10.1 Å². The number of aromatic nitrogens is 1. The Hall–Kier alpha value is -2.55. The van der Waals surface area contributed by atoms with Crippen LogP contribution < -0.4 is 5.32 Å². The summed E-state index contributed by atoms with van der Waals surface area (Å²) < 4.78 is 5.42. The van der Waals surface area contributed by atoms with Gasteiger partial charge in [0, 0.05) is 25.1 Å². The fraction of sp³-hybridized carbons (Fsp3) is 0.308. The van der Waals surface area contributed by atoms with Gasteiger partial charge in [0.1, 0.15) is 5.52 Å². The van der Waals surface area contributed by atoms with E-state index in [0.717, 1.165) is 19.3 Å². The number of benzene rings is 1. The summed E-state index contributed by atoms with van der Waals surface area (Å²) in [6, 6.07) is 4.70. The molecule has 0 spiro atoms. The summed E-state index contributed by atoms with van der Waals surface area (Å²) >= 11 is 0. The molecule has 0 bridgehead atoms. The van der Waals surface area contributed by atoms with Gasteiger partial charge in [-0.2, -0.15) is 4.98 Å². The largest absolute Gasteiger partial charge is 0.424 e. The Bertz CT molecular complexity index is 628. The van der Waals surface area contributed by atoms with Crippen LogP contribution in [0.5, 0.6) is 0 Å². The van der Waals surface area contributed by atoms with Crippen molar-refractivity contribution in [3.05, 3.63) is 28.3 Å². The van der Waals surface area contributed by atoms with E-state index < -0.39 is 4.92 Å². The van der Waals surface area contributed by atoms with Crippen LogP contribution in [0.15, 0.2) is 22.6 Å². The van der Waals surface area contributed by atoms with Gasteiger partial charge in [-0.1, -0.05) is 0 Å². The highest BCUT2D eigenvalue weighted by atomic mass is 16.6. The third kappa shape index (κ3) is 3.22. The maximum Gasteiger partial charge on any atom is 0.295 e. The molecule has 2 aromatic rings. The Balaban J connectivity index is 2.01. The molecular formula is C13H13N3O3.